The van der Waals surface area contributed by atoms with Crippen molar-refractivity contribution in [3.63, 3.8) is 0 Å². The number of thioether (sulfide) groups is 1. The summed E-state index contributed by atoms with van der Waals surface area (Å²) in [6.45, 7) is 0.763. The Morgan fingerprint density at radius 2 is 1.74 bits per heavy atom. The maximum absolute atomic E-state index is 12.8. The summed E-state index contributed by atoms with van der Waals surface area (Å²) in [4.78, 5) is 19.4. The van der Waals surface area contributed by atoms with Crippen molar-refractivity contribution in [2.45, 2.75) is 24.4 Å². The van der Waals surface area contributed by atoms with Crippen molar-refractivity contribution in [1.29, 1.82) is 0 Å². The van der Waals surface area contributed by atoms with Crippen molar-refractivity contribution in [3.8, 4) is 22.9 Å². The molecule has 0 bridgehead atoms. The highest BCUT2D eigenvalue weighted by atomic mass is 32.2. The molecule has 0 saturated carbocycles. The molecule has 0 fully saturated rings. The van der Waals surface area contributed by atoms with E-state index in [-0.39, 0.29) is 5.91 Å². The Morgan fingerprint density at radius 1 is 0.968 bits per heavy atom. The van der Waals surface area contributed by atoms with Gasteiger partial charge >= 0.3 is 0 Å². The van der Waals surface area contributed by atoms with Crippen molar-refractivity contribution in [1.82, 2.24) is 15.2 Å². The molecule has 31 heavy (non-hydrogen) atoms. The third-order valence-electron chi connectivity index (χ3n) is 5.13. The van der Waals surface area contributed by atoms with E-state index in [1.807, 2.05) is 29.2 Å². The SMILES string of the molecule is O=C(CCSc1nnc(-c2ccco2)c(-c2ccco2)n1)N1CCCc2ccccc21. The lowest BCUT2D eigenvalue weighted by atomic mass is 10.0. The number of amides is 1. The van der Waals surface area contributed by atoms with Crippen LogP contribution in [0, 0.1) is 0 Å². The smallest absolute Gasteiger partial charge is 0.227 e. The number of carbonyl (C=O) groups is 1. The van der Waals surface area contributed by atoms with Gasteiger partial charge in [-0.2, -0.15) is 0 Å². The van der Waals surface area contributed by atoms with E-state index in [1.54, 1.807) is 30.7 Å². The van der Waals surface area contributed by atoms with E-state index < -0.39 is 0 Å². The average molecular weight is 433 g/mol. The van der Waals surface area contributed by atoms with Crippen LogP contribution in [0.2, 0.25) is 0 Å². The minimum Gasteiger partial charge on any atom is -0.463 e. The van der Waals surface area contributed by atoms with Gasteiger partial charge in [0.1, 0.15) is 5.69 Å². The largest absolute Gasteiger partial charge is 0.463 e. The lowest BCUT2D eigenvalue weighted by molar-refractivity contribution is -0.118. The fraction of sp³-hybridized carbons (Fsp3) is 0.217. The van der Waals surface area contributed by atoms with Gasteiger partial charge in [-0.3, -0.25) is 4.79 Å². The molecule has 0 N–H and O–H groups in total. The summed E-state index contributed by atoms with van der Waals surface area (Å²) in [5.41, 5.74) is 3.35. The zero-order valence-corrected chi connectivity index (χ0v) is 17.5. The van der Waals surface area contributed by atoms with Crippen LogP contribution in [0.15, 0.2) is 75.0 Å². The van der Waals surface area contributed by atoms with Crippen LogP contribution in [0.25, 0.3) is 22.9 Å². The number of fused-ring (bicyclic) bond motifs is 1. The minimum atomic E-state index is 0.117. The molecule has 4 heterocycles. The zero-order chi connectivity index (χ0) is 21.0. The Hall–Kier alpha value is -3.39. The molecule has 0 radical (unpaired) electrons. The van der Waals surface area contributed by atoms with E-state index in [0.29, 0.717) is 40.2 Å². The minimum absolute atomic E-state index is 0.117. The average Bonchev–Trinajstić information content (AvgIpc) is 3.53. The Morgan fingerprint density at radius 3 is 2.52 bits per heavy atom. The number of hydrogen-bond donors (Lipinski definition) is 0. The van der Waals surface area contributed by atoms with Crippen molar-refractivity contribution in [3.05, 3.63) is 66.6 Å². The Bertz CT molecular complexity index is 1180. The molecule has 4 aromatic rings. The first kappa shape index (κ1) is 19.6. The normalized spacial score (nSPS) is 13.2. The number of aromatic nitrogens is 3. The monoisotopic (exact) mass is 432 g/mol. The van der Waals surface area contributed by atoms with Gasteiger partial charge in [-0.25, -0.2) is 4.98 Å². The van der Waals surface area contributed by atoms with Gasteiger partial charge in [-0.1, -0.05) is 30.0 Å². The molecule has 156 valence electrons. The van der Waals surface area contributed by atoms with E-state index in [1.165, 1.54) is 17.3 Å². The van der Waals surface area contributed by atoms with Crippen LogP contribution < -0.4 is 4.90 Å². The lowest BCUT2D eigenvalue weighted by Crippen LogP contribution is -2.35. The fourth-order valence-electron chi connectivity index (χ4n) is 3.69. The van der Waals surface area contributed by atoms with Gasteiger partial charge in [0.05, 0.1) is 12.5 Å². The summed E-state index contributed by atoms with van der Waals surface area (Å²) in [6.07, 6.45) is 5.58. The van der Waals surface area contributed by atoms with Crippen molar-refractivity contribution in [2.24, 2.45) is 0 Å². The van der Waals surface area contributed by atoms with Crippen LogP contribution in [0.4, 0.5) is 5.69 Å². The standard InChI is InChI=1S/C23H20N4O3S/c28-20(27-12-3-7-16-6-1-2-8-17(16)27)11-15-31-23-24-21(18-9-4-13-29-18)22(25-26-23)19-10-5-14-30-19/h1-2,4-6,8-10,13-14H,3,7,11-12,15H2. The summed E-state index contributed by atoms with van der Waals surface area (Å²) in [7, 11) is 0. The molecule has 0 atom stereocenters. The van der Waals surface area contributed by atoms with Gasteiger partial charge in [0.15, 0.2) is 17.2 Å². The molecule has 3 aromatic heterocycles. The predicted octanol–water partition coefficient (Wildman–Crippen LogP) is 4.85. The molecule has 1 aliphatic rings. The molecular weight excluding hydrogens is 412 g/mol. The highest BCUT2D eigenvalue weighted by Crippen LogP contribution is 2.31. The summed E-state index contributed by atoms with van der Waals surface area (Å²) in [5.74, 6) is 1.84. The number of furan rings is 2. The van der Waals surface area contributed by atoms with Crippen LogP contribution in [0.5, 0.6) is 0 Å². The third kappa shape index (κ3) is 4.11. The van der Waals surface area contributed by atoms with Crippen LogP contribution in [-0.2, 0) is 11.2 Å². The summed E-state index contributed by atoms with van der Waals surface area (Å²) < 4.78 is 11.0. The summed E-state index contributed by atoms with van der Waals surface area (Å²) >= 11 is 1.41. The number of para-hydroxylation sites is 1. The quantitative estimate of drug-likeness (QED) is 0.403. The van der Waals surface area contributed by atoms with Gasteiger partial charge in [-0.15, -0.1) is 10.2 Å². The molecule has 8 heteroatoms. The first-order chi connectivity index (χ1) is 15.3. The molecule has 1 aromatic carbocycles. The fourth-order valence-corrected chi connectivity index (χ4v) is 4.41. The van der Waals surface area contributed by atoms with Crippen LogP contribution in [-0.4, -0.2) is 33.4 Å². The summed E-state index contributed by atoms with van der Waals surface area (Å²) in [5, 5.41) is 9.03. The van der Waals surface area contributed by atoms with Crippen LogP contribution in [0.1, 0.15) is 18.4 Å². The number of aryl methyl sites for hydroxylation is 1. The van der Waals surface area contributed by atoms with E-state index in [9.17, 15) is 4.79 Å². The van der Waals surface area contributed by atoms with Gasteiger partial charge in [0, 0.05) is 24.4 Å². The Kier molecular flexibility index (Phi) is 5.54. The maximum Gasteiger partial charge on any atom is 0.227 e. The first-order valence-corrected chi connectivity index (χ1v) is 11.1. The number of nitrogens with zero attached hydrogens (tertiary/aromatic N) is 4. The molecule has 1 amide bonds. The van der Waals surface area contributed by atoms with E-state index in [4.69, 9.17) is 8.83 Å². The third-order valence-corrected chi connectivity index (χ3v) is 5.97. The van der Waals surface area contributed by atoms with Crippen molar-refractivity contribution >= 4 is 23.4 Å². The number of anilines is 1. The second kappa shape index (κ2) is 8.77. The number of carbonyl (C=O) groups excluding carboxylic acids is 1. The second-order valence-electron chi connectivity index (χ2n) is 7.12. The number of rotatable bonds is 6. The highest BCUT2D eigenvalue weighted by molar-refractivity contribution is 7.99. The zero-order valence-electron chi connectivity index (χ0n) is 16.7. The number of hydrogen-bond acceptors (Lipinski definition) is 7. The maximum atomic E-state index is 12.8. The number of benzene rings is 1. The van der Waals surface area contributed by atoms with Gasteiger partial charge in [-0.05, 0) is 48.7 Å². The second-order valence-corrected chi connectivity index (χ2v) is 8.18. The molecule has 7 nitrogen and oxygen atoms in total. The molecular formula is C23H20N4O3S. The molecule has 0 aliphatic carbocycles. The van der Waals surface area contributed by atoms with E-state index >= 15 is 0 Å². The summed E-state index contributed by atoms with van der Waals surface area (Å²) in [6, 6.07) is 15.3. The highest BCUT2D eigenvalue weighted by Gasteiger charge is 2.22. The lowest BCUT2D eigenvalue weighted by Gasteiger charge is -2.29. The van der Waals surface area contributed by atoms with Gasteiger partial charge < -0.3 is 13.7 Å². The van der Waals surface area contributed by atoms with Crippen LogP contribution in [0.3, 0.4) is 0 Å². The van der Waals surface area contributed by atoms with Crippen LogP contribution >= 0.6 is 11.8 Å². The first-order valence-electron chi connectivity index (χ1n) is 10.1. The van der Waals surface area contributed by atoms with E-state index in [0.717, 1.165) is 25.1 Å². The Labute approximate surface area is 183 Å². The molecule has 0 unspecified atom stereocenters. The van der Waals surface area contributed by atoms with Crippen molar-refractivity contribution < 1.29 is 13.6 Å². The molecule has 0 saturated heterocycles. The molecule has 0 spiro atoms. The molecule has 5 rings (SSSR count). The topological polar surface area (TPSA) is 85.3 Å². The van der Waals surface area contributed by atoms with Gasteiger partial charge in [0.25, 0.3) is 0 Å². The van der Waals surface area contributed by atoms with Crippen molar-refractivity contribution in [2.75, 3.05) is 17.2 Å². The Balaban J connectivity index is 1.29. The van der Waals surface area contributed by atoms with E-state index in [2.05, 4.69) is 21.2 Å². The molecule has 1 aliphatic heterocycles. The van der Waals surface area contributed by atoms with Gasteiger partial charge in [0.2, 0.25) is 11.1 Å². The predicted molar refractivity (Wildman–Crippen MR) is 118 cm³/mol.